The van der Waals surface area contributed by atoms with Crippen LogP contribution in [-0.4, -0.2) is 11.1 Å². The predicted molar refractivity (Wildman–Crippen MR) is 77.1 cm³/mol. The number of hydroxylamine groups is 1. The summed E-state index contributed by atoms with van der Waals surface area (Å²) in [6.07, 6.45) is 0. The summed E-state index contributed by atoms with van der Waals surface area (Å²) in [5.74, 6) is -0.879. The summed E-state index contributed by atoms with van der Waals surface area (Å²) in [6, 6.07) is 11.3. The molecule has 0 aliphatic heterocycles. The molecule has 0 aliphatic rings. The van der Waals surface area contributed by atoms with E-state index in [0.717, 1.165) is 5.56 Å². The number of carbonyl (C=O) groups is 1. The first-order valence-electron chi connectivity index (χ1n) is 5.82. The molecular weight excluding hydrogens is 327 g/mol. The summed E-state index contributed by atoms with van der Waals surface area (Å²) in [4.78, 5) is 11.2. The zero-order valence-corrected chi connectivity index (χ0v) is 11.9. The van der Waals surface area contributed by atoms with Gasteiger partial charge in [-0.05, 0) is 35.9 Å². The SMILES string of the molecule is O=C(NO)c1ccc(CNc2cc(F)cc(Br)c2)cc1. The number of halogens is 2. The minimum atomic E-state index is -0.557. The average molecular weight is 339 g/mol. The normalized spacial score (nSPS) is 10.2. The van der Waals surface area contributed by atoms with Gasteiger partial charge in [0.15, 0.2) is 0 Å². The smallest absolute Gasteiger partial charge is 0.274 e. The number of hydrogen-bond acceptors (Lipinski definition) is 3. The lowest BCUT2D eigenvalue weighted by Gasteiger charge is -2.08. The maximum atomic E-state index is 13.2. The van der Waals surface area contributed by atoms with Crippen LogP contribution in [0.5, 0.6) is 0 Å². The van der Waals surface area contributed by atoms with E-state index in [1.165, 1.54) is 12.1 Å². The van der Waals surface area contributed by atoms with Crippen molar-refractivity contribution in [2.75, 3.05) is 5.32 Å². The topological polar surface area (TPSA) is 61.4 Å². The van der Waals surface area contributed by atoms with Crippen molar-refractivity contribution in [1.82, 2.24) is 5.48 Å². The highest BCUT2D eigenvalue weighted by molar-refractivity contribution is 9.10. The third-order valence-electron chi connectivity index (χ3n) is 2.68. The summed E-state index contributed by atoms with van der Waals surface area (Å²) < 4.78 is 13.9. The van der Waals surface area contributed by atoms with E-state index in [9.17, 15) is 9.18 Å². The van der Waals surface area contributed by atoms with E-state index >= 15 is 0 Å². The van der Waals surface area contributed by atoms with Crippen LogP contribution in [0.25, 0.3) is 0 Å². The molecule has 1 amide bonds. The van der Waals surface area contributed by atoms with E-state index in [4.69, 9.17) is 5.21 Å². The summed E-state index contributed by atoms with van der Waals surface area (Å²) >= 11 is 3.22. The maximum Gasteiger partial charge on any atom is 0.274 e. The molecule has 0 bridgehead atoms. The van der Waals surface area contributed by atoms with Gasteiger partial charge >= 0.3 is 0 Å². The Labute approximate surface area is 123 Å². The van der Waals surface area contributed by atoms with E-state index < -0.39 is 5.91 Å². The van der Waals surface area contributed by atoms with Crippen LogP contribution < -0.4 is 10.8 Å². The number of carbonyl (C=O) groups excluding carboxylic acids is 1. The Hall–Kier alpha value is -1.92. The van der Waals surface area contributed by atoms with E-state index in [1.807, 2.05) is 0 Å². The summed E-state index contributed by atoms with van der Waals surface area (Å²) in [7, 11) is 0. The van der Waals surface area contributed by atoms with Crippen LogP contribution >= 0.6 is 15.9 Å². The average Bonchev–Trinajstić information content (AvgIpc) is 2.44. The molecule has 2 rings (SSSR count). The molecule has 0 unspecified atom stereocenters. The molecule has 0 spiro atoms. The molecule has 0 atom stereocenters. The lowest BCUT2D eigenvalue weighted by molar-refractivity contribution is 0.0706. The number of nitrogens with one attached hydrogen (secondary N) is 2. The molecule has 0 aromatic heterocycles. The van der Waals surface area contributed by atoms with E-state index in [-0.39, 0.29) is 5.82 Å². The van der Waals surface area contributed by atoms with Gasteiger partial charge in [-0.25, -0.2) is 9.87 Å². The Bertz CT molecular complexity index is 597. The second-order valence-electron chi connectivity index (χ2n) is 4.15. The molecule has 3 N–H and O–H groups in total. The zero-order valence-electron chi connectivity index (χ0n) is 10.4. The van der Waals surface area contributed by atoms with Crippen molar-refractivity contribution >= 4 is 27.5 Å². The lowest BCUT2D eigenvalue weighted by Crippen LogP contribution is -2.18. The number of anilines is 1. The number of benzene rings is 2. The molecule has 0 heterocycles. The van der Waals surface area contributed by atoms with Gasteiger partial charge in [0.25, 0.3) is 5.91 Å². The van der Waals surface area contributed by atoms with Crippen LogP contribution in [0.15, 0.2) is 46.9 Å². The van der Waals surface area contributed by atoms with E-state index in [2.05, 4.69) is 21.2 Å². The molecule has 0 saturated heterocycles. The Morgan fingerprint density at radius 1 is 1.20 bits per heavy atom. The van der Waals surface area contributed by atoms with Crippen LogP contribution in [0.4, 0.5) is 10.1 Å². The van der Waals surface area contributed by atoms with Gasteiger partial charge in [-0.3, -0.25) is 10.0 Å². The minimum absolute atomic E-state index is 0.322. The van der Waals surface area contributed by atoms with Crippen LogP contribution in [0.3, 0.4) is 0 Å². The second-order valence-corrected chi connectivity index (χ2v) is 5.07. The molecule has 0 saturated carbocycles. The fourth-order valence-electron chi connectivity index (χ4n) is 1.70. The quantitative estimate of drug-likeness (QED) is 0.592. The van der Waals surface area contributed by atoms with Gasteiger partial charge in [0.05, 0.1) is 0 Å². The highest BCUT2D eigenvalue weighted by atomic mass is 79.9. The first-order chi connectivity index (χ1) is 9.58. The Morgan fingerprint density at radius 2 is 1.90 bits per heavy atom. The third-order valence-corrected chi connectivity index (χ3v) is 3.13. The molecule has 6 heteroatoms. The zero-order chi connectivity index (χ0) is 14.5. The highest BCUT2D eigenvalue weighted by Gasteiger charge is 2.03. The molecule has 0 fully saturated rings. The number of rotatable bonds is 4. The van der Waals surface area contributed by atoms with Crippen molar-refractivity contribution in [3.8, 4) is 0 Å². The maximum absolute atomic E-state index is 13.2. The molecule has 4 nitrogen and oxygen atoms in total. The van der Waals surface area contributed by atoms with Crippen molar-refractivity contribution in [3.63, 3.8) is 0 Å². The van der Waals surface area contributed by atoms with Gasteiger partial charge in [0, 0.05) is 22.3 Å². The van der Waals surface area contributed by atoms with Crippen molar-refractivity contribution < 1.29 is 14.4 Å². The molecule has 0 radical (unpaired) electrons. The Morgan fingerprint density at radius 3 is 2.50 bits per heavy atom. The van der Waals surface area contributed by atoms with Crippen molar-refractivity contribution in [2.45, 2.75) is 6.54 Å². The Kier molecular flexibility index (Phi) is 4.70. The molecule has 2 aromatic carbocycles. The largest absolute Gasteiger partial charge is 0.381 e. The van der Waals surface area contributed by atoms with Crippen molar-refractivity contribution in [3.05, 3.63) is 63.9 Å². The summed E-state index contributed by atoms with van der Waals surface area (Å²) in [6.45, 7) is 0.497. The van der Waals surface area contributed by atoms with Crippen molar-refractivity contribution in [2.24, 2.45) is 0 Å². The van der Waals surface area contributed by atoms with E-state index in [1.54, 1.807) is 35.8 Å². The number of amides is 1. The molecule has 2 aromatic rings. The highest BCUT2D eigenvalue weighted by Crippen LogP contribution is 2.19. The molecular formula is C14H12BrFN2O2. The summed E-state index contributed by atoms with van der Waals surface area (Å²) in [5.41, 5.74) is 3.53. The van der Waals surface area contributed by atoms with E-state index in [0.29, 0.717) is 22.3 Å². The van der Waals surface area contributed by atoms with Gasteiger partial charge in [0.2, 0.25) is 0 Å². The molecule has 20 heavy (non-hydrogen) atoms. The lowest BCUT2D eigenvalue weighted by atomic mass is 10.1. The predicted octanol–water partition coefficient (Wildman–Crippen LogP) is 3.32. The minimum Gasteiger partial charge on any atom is -0.381 e. The Balaban J connectivity index is 2.02. The monoisotopic (exact) mass is 338 g/mol. The van der Waals surface area contributed by atoms with Crippen molar-refractivity contribution in [1.29, 1.82) is 0 Å². The first kappa shape index (κ1) is 14.5. The van der Waals surface area contributed by atoms with Crippen LogP contribution in [0, 0.1) is 5.82 Å². The van der Waals surface area contributed by atoms with Gasteiger partial charge in [-0.15, -0.1) is 0 Å². The van der Waals surface area contributed by atoms with Gasteiger partial charge < -0.3 is 5.32 Å². The first-order valence-corrected chi connectivity index (χ1v) is 6.61. The van der Waals surface area contributed by atoms with Gasteiger partial charge in [-0.2, -0.15) is 0 Å². The fraction of sp³-hybridized carbons (Fsp3) is 0.0714. The van der Waals surface area contributed by atoms with Gasteiger partial charge in [-0.1, -0.05) is 28.1 Å². The summed E-state index contributed by atoms with van der Waals surface area (Å²) in [5, 5.41) is 11.6. The van der Waals surface area contributed by atoms with Crippen LogP contribution in [0.1, 0.15) is 15.9 Å². The standard InChI is InChI=1S/C14H12BrFN2O2/c15-11-5-12(16)7-13(6-11)17-8-9-1-3-10(4-2-9)14(19)18-20/h1-7,17,20H,8H2,(H,18,19). The molecule has 104 valence electrons. The molecule has 0 aliphatic carbocycles. The number of hydrogen-bond donors (Lipinski definition) is 3. The van der Waals surface area contributed by atoms with Gasteiger partial charge in [0.1, 0.15) is 5.82 Å². The second kappa shape index (κ2) is 6.49. The van der Waals surface area contributed by atoms with Crippen LogP contribution in [0.2, 0.25) is 0 Å². The third kappa shape index (κ3) is 3.79. The fourth-order valence-corrected chi connectivity index (χ4v) is 2.16. The van der Waals surface area contributed by atoms with Crippen LogP contribution in [-0.2, 0) is 6.54 Å².